The van der Waals surface area contributed by atoms with Crippen molar-refractivity contribution in [2.45, 2.75) is 38.9 Å². The lowest BCUT2D eigenvalue weighted by molar-refractivity contribution is 0.0637. The van der Waals surface area contributed by atoms with Crippen molar-refractivity contribution in [2.75, 3.05) is 25.6 Å². The van der Waals surface area contributed by atoms with Crippen molar-refractivity contribution in [3.8, 4) is 11.5 Å². The van der Waals surface area contributed by atoms with E-state index >= 15 is 0 Å². The average Bonchev–Trinajstić information content (AvgIpc) is 2.83. The van der Waals surface area contributed by atoms with Gasteiger partial charge < -0.3 is 19.5 Å². The van der Waals surface area contributed by atoms with E-state index in [9.17, 15) is 0 Å². The third-order valence-electron chi connectivity index (χ3n) is 3.32. The van der Waals surface area contributed by atoms with Crippen LogP contribution in [0, 0.1) is 0 Å². The van der Waals surface area contributed by atoms with Crippen LogP contribution in [0.4, 0.5) is 5.69 Å². The number of benzene rings is 1. The van der Waals surface area contributed by atoms with E-state index in [1.54, 1.807) is 7.11 Å². The van der Waals surface area contributed by atoms with Gasteiger partial charge in [-0.1, -0.05) is 0 Å². The van der Waals surface area contributed by atoms with Gasteiger partial charge >= 0.3 is 0 Å². The second-order valence-corrected chi connectivity index (χ2v) is 4.83. The van der Waals surface area contributed by atoms with Gasteiger partial charge in [-0.3, -0.25) is 0 Å². The average molecular weight is 265 g/mol. The summed E-state index contributed by atoms with van der Waals surface area (Å²) in [5.74, 6) is 1.54. The summed E-state index contributed by atoms with van der Waals surface area (Å²) in [6.45, 7) is 5.55. The smallest absolute Gasteiger partial charge is 0.163 e. The van der Waals surface area contributed by atoms with E-state index in [2.05, 4.69) is 12.2 Å². The number of methoxy groups -OCH3 is 1. The molecule has 2 unspecified atom stereocenters. The van der Waals surface area contributed by atoms with Gasteiger partial charge in [0.1, 0.15) is 0 Å². The minimum atomic E-state index is 0.313. The third kappa shape index (κ3) is 3.77. The van der Waals surface area contributed by atoms with Crippen molar-refractivity contribution in [3.05, 3.63) is 18.2 Å². The predicted molar refractivity (Wildman–Crippen MR) is 76.2 cm³/mol. The van der Waals surface area contributed by atoms with Crippen LogP contribution in [0.25, 0.3) is 0 Å². The Bertz CT molecular complexity index is 408. The molecule has 2 atom stereocenters. The summed E-state index contributed by atoms with van der Waals surface area (Å²) in [5, 5.41) is 3.40. The molecule has 1 aliphatic heterocycles. The molecule has 1 aromatic carbocycles. The molecule has 0 saturated carbocycles. The van der Waals surface area contributed by atoms with Crippen LogP contribution in [-0.4, -0.2) is 32.5 Å². The second-order valence-electron chi connectivity index (χ2n) is 4.83. The molecule has 0 aromatic heterocycles. The van der Waals surface area contributed by atoms with Crippen LogP contribution in [0.2, 0.25) is 0 Å². The highest BCUT2D eigenvalue weighted by atomic mass is 16.5. The monoisotopic (exact) mass is 265 g/mol. The van der Waals surface area contributed by atoms with Crippen LogP contribution in [0.3, 0.4) is 0 Å². The molecule has 0 aliphatic carbocycles. The SMILES string of the molecule is CCOc1cc(NCC2CCC(C)O2)ccc1OC. The molecule has 1 heterocycles. The van der Waals surface area contributed by atoms with Crippen LogP contribution >= 0.6 is 0 Å². The molecule has 0 spiro atoms. The summed E-state index contributed by atoms with van der Waals surface area (Å²) >= 11 is 0. The maximum atomic E-state index is 5.79. The maximum Gasteiger partial charge on any atom is 0.163 e. The lowest BCUT2D eigenvalue weighted by atomic mass is 10.2. The molecule has 0 radical (unpaired) electrons. The van der Waals surface area contributed by atoms with Crippen molar-refractivity contribution < 1.29 is 14.2 Å². The van der Waals surface area contributed by atoms with Crippen LogP contribution in [0.1, 0.15) is 26.7 Å². The van der Waals surface area contributed by atoms with Gasteiger partial charge in [-0.2, -0.15) is 0 Å². The third-order valence-corrected chi connectivity index (χ3v) is 3.32. The number of rotatable bonds is 6. The van der Waals surface area contributed by atoms with Gasteiger partial charge in [0.25, 0.3) is 0 Å². The van der Waals surface area contributed by atoms with Crippen molar-refractivity contribution in [1.82, 2.24) is 0 Å². The van der Waals surface area contributed by atoms with E-state index in [1.807, 2.05) is 25.1 Å². The standard InChI is InChI=1S/C15H23NO3/c1-4-18-15-9-12(6-8-14(15)17-3)16-10-13-7-5-11(2)19-13/h6,8-9,11,13,16H,4-5,7,10H2,1-3H3. The van der Waals surface area contributed by atoms with Gasteiger partial charge in [0.15, 0.2) is 11.5 Å². The Balaban J connectivity index is 1.94. The van der Waals surface area contributed by atoms with E-state index in [0.29, 0.717) is 18.8 Å². The molecule has 4 nitrogen and oxygen atoms in total. The predicted octanol–water partition coefficient (Wildman–Crippen LogP) is 3.07. The second kappa shape index (κ2) is 6.66. The first kappa shape index (κ1) is 14.0. The summed E-state index contributed by atoms with van der Waals surface area (Å²) in [7, 11) is 1.65. The summed E-state index contributed by atoms with van der Waals surface area (Å²) < 4.78 is 16.6. The zero-order chi connectivity index (χ0) is 13.7. The molecule has 1 fully saturated rings. The minimum Gasteiger partial charge on any atom is -0.493 e. The van der Waals surface area contributed by atoms with Crippen LogP contribution < -0.4 is 14.8 Å². The largest absolute Gasteiger partial charge is 0.493 e. The molecular weight excluding hydrogens is 242 g/mol. The highest BCUT2D eigenvalue weighted by Crippen LogP contribution is 2.30. The minimum absolute atomic E-state index is 0.313. The van der Waals surface area contributed by atoms with Gasteiger partial charge in [-0.25, -0.2) is 0 Å². The van der Waals surface area contributed by atoms with Crippen molar-refractivity contribution >= 4 is 5.69 Å². The molecule has 19 heavy (non-hydrogen) atoms. The fourth-order valence-corrected chi connectivity index (χ4v) is 2.32. The number of nitrogens with one attached hydrogen (secondary N) is 1. The van der Waals surface area contributed by atoms with Crippen LogP contribution in [0.5, 0.6) is 11.5 Å². The zero-order valence-electron chi connectivity index (χ0n) is 11.9. The fourth-order valence-electron chi connectivity index (χ4n) is 2.32. The molecule has 4 heteroatoms. The molecule has 1 aromatic rings. The van der Waals surface area contributed by atoms with Crippen LogP contribution in [-0.2, 0) is 4.74 Å². The first-order valence-corrected chi connectivity index (χ1v) is 6.93. The Hall–Kier alpha value is -1.42. The molecule has 2 rings (SSSR count). The molecule has 1 saturated heterocycles. The van der Waals surface area contributed by atoms with E-state index in [4.69, 9.17) is 14.2 Å². The fraction of sp³-hybridized carbons (Fsp3) is 0.600. The Morgan fingerprint density at radius 3 is 2.79 bits per heavy atom. The molecule has 0 bridgehead atoms. The van der Waals surface area contributed by atoms with E-state index in [0.717, 1.165) is 36.6 Å². The van der Waals surface area contributed by atoms with E-state index in [-0.39, 0.29) is 0 Å². The molecular formula is C15H23NO3. The van der Waals surface area contributed by atoms with E-state index < -0.39 is 0 Å². The molecule has 1 N–H and O–H groups in total. The summed E-state index contributed by atoms with van der Waals surface area (Å²) in [6.07, 6.45) is 2.98. The van der Waals surface area contributed by atoms with Crippen molar-refractivity contribution in [1.29, 1.82) is 0 Å². The van der Waals surface area contributed by atoms with Gasteiger partial charge in [-0.05, 0) is 38.8 Å². The number of hydrogen-bond acceptors (Lipinski definition) is 4. The lowest BCUT2D eigenvalue weighted by Gasteiger charge is -2.15. The first-order valence-electron chi connectivity index (χ1n) is 6.93. The first-order chi connectivity index (χ1) is 9.22. The highest BCUT2D eigenvalue weighted by Gasteiger charge is 2.21. The van der Waals surface area contributed by atoms with Crippen molar-refractivity contribution in [2.24, 2.45) is 0 Å². The lowest BCUT2D eigenvalue weighted by Crippen LogP contribution is -2.19. The Morgan fingerprint density at radius 1 is 1.32 bits per heavy atom. The molecule has 0 amide bonds. The van der Waals surface area contributed by atoms with E-state index in [1.165, 1.54) is 0 Å². The Morgan fingerprint density at radius 2 is 2.16 bits per heavy atom. The number of hydrogen-bond donors (Lipinski definition) is 1. The normalized spacial score (nSPS) is 22.3. The Labute approximate surface area is 115 Å². The van der Waals surface area contributed by atoms with Gasteiger partial charge in [0.05, 0.1) is 25.9 Å². The summed E-state index contributed by atoms with van der Waals surface area (Å²) in [6, 6.07) is 5.89. The van der Waals surface area contributed by atoms with Crippen molar-refractivity contribution in [3.63, 3.8) is 0 Å². The van der Waals surface area contributed by atoms with Gasteiger partial charge in [0.2, 0.25) is 0 Å². The number of anilines is 1. The zero-order valence-corrected chi connectivity index (χ0v) is 11.9. The van der Waals surface area contributed by atoms with Crippen LogP contribution in [0.15, 0.2) is 18.2 Å². The van der Waals surface area contributed by atoms with Gasteiger partial charge in [0, 0.05) is 18.3 Å². The summed E-state index contributed by atoms with van der Waals surface area (Å²) in [5.41, 5.74) is 1.03. The molecule has 106 valence electrons. The molecule has 1 aliphatic rings. The topological polar surface area (TPSA) is 39.7 Å². The summed E-state index contributed by atoms with van der Waals surface area (Å²) in [4.78, 5) is 0. The maximum absolute atomic E-state index is 5.79. The Kier molecular flexibility index (Phi) is 4.91. The van der Waals surface area contributed by atoms with Gasteiger partial charge in [-0.15, -0.1) is 0 Å². The highest BCUT2D eigenvalue weighted by molar-refractivity contribution is 5.54. The number of ether oxygens (including phenoxy) is 3. The quantitative estimate of drug-likeness (QED) is 0.858.